The number of rotatable bonds is 12. The zero-order valence-electron chi connectivity index (χ0n) is 20.5. The van der Waals surface area contributed by atoms with E-state index >= 15 is 0 Å². The number of benzene rings is 2. The highest BCUT2D eigenvalue weighted by molar-refractivity contribution is 5.91. The third-order valence-corrected chi connectivity index (χ3v) is 6.41. The number of H-pyrrole nitrogens is 2. The molecular formula is C27H31N5O5. The Hall–Kier alpha value is -4.31. The Morgan fingerprint density at radius 3 is 2.49 bits per heavy atom. The van der Waals surface area contributed by atoms with Crippen molar-refractivity contribution in [3.05, 3.63) is 66.0 Å². The summed E-state index contributed by atoms with van der Waals surface area (Å²) in [6.07, 6.45) is 4.29. The standard InChI is InChI=1S/C27H31N5O5/c1-37-18-6-8-23-20(13-18)16(14-30-23)10-11-29-27(36)24(32-26(35)21(28)7-9-25(33)34)12-17-15-31-22-5-3-2-4-19(17)22/h2-6,8,13-15,21,24,30-31H,7,9-12,28H2,1H3,(H,29,36)(H,32,35)(H,33,34)/t21-,24-/m0/s1. The Kier molecular flexibility index (Phi) is 8.09. The Balaban J connectivity index is 1.45. The fraction of sp³-hybridized carbons (Fsp3) is 0.296. The number of carboxylic acid groups (broad SMARTS) is 1. The van der Waals surface area contributed by atoms with Crippen molar-refractivity contribution >= 4 is 39.6 Å². The van der Waals surface area contributed by atoms with Gasteiger partial charge in [0, 0.05) is 53.6 Å². The van der Waals surface area contributed by atoms with Crippen LogP contribution in [0, 0.1) is 0 Å². The molecule has 10 nitrogen and oxygen atoms in total. The summed E-state index contributed by atoms with van der Waals surface area (Å²) >= 11 is 0. The number of carbonyl (C=O) groups is 3. The van der Waals surface area contributed by atoms with E-state index in [1.807, 2.05) is 54.9 Å². The minimum atomic E-state index is -1.04. The molecule has 37 heavy (non-hydrogen) atoms. The highest BCUT2D eigenvalue weighted by Gasteiger charge is 2.25. The Labute approximate surface area is 213 Å². The molecule has 0 bridgehead atoms. The van der Waals surface area contributed by atoms with Crippen LogP contribution in [0.3, 0.4) is 0 Å². The molecule has 0 radical (unpaired) electrons. The maximum absolute atomic E-state index is 13.2. The first-order valence-corrected chi connectivity index (χ1v) is 12.1. The number of amides is 2. The monoisotopic (exact) mass is 505 g/mol. The molecule has 0 fully saturated rings. The van der Waals surface area contributed by atoms with Crippen molar-refractivity contribution in [3.8, 4) is 5.75 Å². The SMILES string of the molecule is COc1ccc2[nH]cc(CCNC(=O)[C@H](Cc3c[nH]c4ccccc34)NC(=O)[C@@H](N)CCC(=O)O)c2c1. The average Bonchev–Trinajstić information content (AvgIpc) is 3.50. The topological polar surface area (TPSA) is 162 Å². The number of methoxy groups -OCH3 is 1. The lowest BCUT2D eigenvalue weighted by Gasteiger charge is -2.20. The number of aliphatic carboxylic acids is 1. The third-order valence-electron chi connectivity index (χ3n) is 6.41. The second kappa shape index (κ2) is 11.6. The van der Waals surface area contributed by atoms with Crippen molar-refractivity contribution in [3.63, 3.8) is 0 Å². The molecule has 0 aliphatic carbocycles. The third kappa shape index (κ3) is 6.28. The highest BCUT2D eigenvalue weighted by Crippen LogP contribution is 2.24. The van der Waals surface area contributed by atoms with Gasteiger partial charge in [0.05, 0.1) is 13.2 Å². The molecule has 0 saturated heterocycles. The molecule has 4 aromatic rings. The van der Waals surface area contributed by atoms with Crippen LogP contribution in [-0.4, -0.2) is 58.6 Å². The molecule has 7 N–H and O–H groups in total. The molecule has 10 heteroatoms. The van der Waals surface area contributed by atoms with E-state index < -0.39 is 24.0 Å². The van der Waals surface area contributed by atoms with E-state index in [1.165, 1.54) is 0 Å². The van der Waals surface area contributed by atoms with Crippen LogP contribution in [0.1, 0.15) is 24.0 Å². The lowest BCUT2D eigenvalue weighted by atomic mass is 10.0. The highest BCUT2D eigenvalue weighted by atomic mass is 16.5. The van der Waals surface area contributed by atoms with Crippen LogP contribution in [-0.2, 0) is 27.2 Å². The zero-order chi connectivity index (χ0) is 26.4. The van der Waals surface area contributed by atoms with E-state index in [2.05, 4.69) is 20.6 Å². The predicted molar refractivity (Wildman–Crippen MR) is 140 cm³/mol. The smallest absolute Gasteiger partial charge is 0.303 e. The van der Waals surface area contributed by atoms with Crippen LogP contribution >= 0.6 is 0 Å². The van der Waals surface area contributed by atoms with Gasteiger partial charge in [-0.25, -0.2) is 0 Å². The predicted octanol–water partition coefficient (Wildman–Crippen LogP) is 2.24. The van der Waals surface area contributed by atoms with E-state index in [-0.39, 0.29) is 25.2 Å². The largest absolute Gasteiger partial charge is 0.497 e. The van der Waals surface area contributed by atoms with Crippen LogP contribution < -0.4 is 21.1 Å². The van der Waals surface area contributed by atoms with E-state index in [0.717, 1.165) is 38.7 Å². The van der Waals surface area contributed by atoms with Gasteiger partial charge in [0.25, 0.3) is 0 Å². The van der Waals surface area contributed by atoms with Gasteiger partial charge in [-0.15, -0.1) is 0 Å². The first-order valence-electron chi connectivity index (χ1n) is 12.1. The average molecular weight is 506 g/mol. The van der Waals surface area contributed by atoms with Crippen molar-refractivity contribution in [1.82, 2.24) is 20.6 Å². The van der Waals surface area contributed by atoms with Crippen molar-refractivity contribution < 1.29 is 24.2 Å². The summed E-state index contributed by atoms with van der Waals surface area (Å²) in [6.45, 7) is 0.355. The van der Waals surface area contributed by atoms with Crippen molar-refractivity contribution in [2.75, 3.05) is 13.7 Å². The quantitative estimate of drug-likeness (QED) is 0.173. The summed E-state index contributed by atoms with van der Waals surface area (Å²) in [6, 6.07) is 11.6. The lowest BCUT2D eigenvalue weighted by molar-refractivity contribution is -0.137. The number of ether oxygens (including phenoxy) is 1. The van der Waals surface area contributed by atoms with E-state index in [9.17, 15) is 14.4 Å². The molecule has 0 aliphatic rings. The summed E-state index contributed by atoms with van der Waals surface area (Å²) in [5, 5.41) is 16.5. The van der Waals surface area contributed by atoms with E-state index in [1.54, 1.807) is 7.11 Å². The molecule has 2 amide bonds. The van der Waals surface area contributed by atoms with Gasteiger partial charge in [0.15, 0.2) is 0 Å². The Bertz CT molecular complexity index is 1410. The van der Waals surface area contributed by atoms with Gasteiger partial charge < -0.3 is 36.2 Å². The second-order valence-corrected chi connectivity index (χ2v) is 8.93. The molecule has 4 rings (SSSR count). The molecule has 194 valence electrons. The summed E-state index contributed by atoms with van der Waals surface area (Å²) in [5.41, 5.74) is 9.70. The number of nitrogens with one attached hydrogen (secondary N) is 4. The summed E-state index contributed by atoms with van der Waals surface area (Å²) in [4.78, 5) is 43.2. The summed E-state index contributed by atoms with van der Waals surface area (Å²) < 4.78 is 5.32. The number of aromatic nitrogens is 2. The van der Waals surface area contributed by atoms with Crippen LogP contribution in [0.15, 0.2) is 54.9 Å². The van der Waals surface area contributed by atoms with Crippen LogP contribution in [0.4, 0.5) is 0 Å². The Morgan fingerprint density at radius 2 is 1.73 bits per heavy atom. The maximum Gasteiger partial charge on any atom is 0.303 e. The first-order chi connectivity index (χ1) is 17.9. The molecule has 0 spiro atoms. The lowest BCUT2D eigenvalue weighted by Crippen LogP contribution is -2.52. The van der Waals surface area contributed by atoms with E-state index in [0.29, 0.717) is 13.0 Å². The molecule has 0 saturated carbocycles. The molecular weight excluding hydrogens is 474 g/mol. The van der Waals surface area contributed by atoms with Gasteiger partial charge in [-0.05, 0) is 48.2 Å². The van der Waals surface area contributed by atoms with Crippen molar-refractivity contribution in [2.24, 2.45) is 5.73 Å². The number of carbonyl (C=O) groups excluding carboxylic acids is 2. The Morgan fingerprint density at radius 1 is 1.00 bits per heavy atom. The first kappa shape index (κ1) is 25.8. The van der Waals surface area contributed by atoms with Crippen molar-refractivity contribution in [1.29, 1.82) is 0 Å². The minimum Gasteiger partial charge on any atom is -0.497 e. The molecule has 2 heterocycles. The number of hydrogen-bond acceptors (Lipinski definition) is 5. The van der Waals surface area contributed by atoms with Gasteiger partial charge in [-0.2, -0.15) is 0 Å². The van der Waals surface area contributed by atoms with Crippen molar-refractivity contribution in [2.45, 2.75) is 37.8 Å². The molecule has 0 aliphatic heterocycles. The van der Waals surface area contributed by atoms with Gasteiger partial charge in [0.2, 0.25) is 11.8 Å². The molecule has 0 unspecified atom stereocenters. The van der Waals surface area contributed by atoms with Crippen LogP contribution in [0.2, 0.25) is 0 Å². The fourth-order valence-corrected chi connectivity index (χ4v) is 4.35. The summed E-state index contributed by atoms with van der Waals surface area (Å²) in [7, 11) is 1.61. The summed E-state index contributed by atoms with van der Waals surface area (Å²) in [5.74, 6) is -1.20. The molecule has 2 aromatic carbocycles. The van der Waals surface area contributed by atoms with E-state index in [4.69, 9.17) is 15.6 Å². The number of para-hydroxylation sites is 1. The van der Waals surface area contributed by atoms with Gasteiger partial charge in [-0.1, -0.05) is 18.2 Å². The fourth-order valence-electron chi connectivity index (χ4n) is 4.35. The number of carboxylic acids is 1. The van der Waals surface area contributed by atoms with Gasteiger partial charge >= 0.3 is 5.97 Å². The zero-order valence-corrected chi connectivity index (χ0v) is 20.5. The van der Waals surface area contributed by atoms with Gasteiger partial charge in [-0.3, -0.25) is 14.4 Å². The number of aromatic amines is 2. The number of nitrogens with two attached hydrogens (primary N) is 1. The second-order valence-electron chi connectivity index (χ2n) is 8.93. The van der Waals surface area contributed by atoms with Gasteiger partial charge in [0.1, 0.15) is 11.8 Å². The molecule has 2 aromatic heterocycles. The van der Waals surface area contributed by atoms with Crippen LogP contribution in [0.5, 0.6) is 5.75 Å². The number of fused-ring (bicyclic) bond motifs is 2. The van der Waals surface area contributed by atoms with Crippen LogP contribution in [0.25, 0.3) is 21.8 Å². The normalized spacial score (nSPS) is 12.8. The molecule has 2 atom stereocenters. The minimum absolute atomic E-state index is 0.0212. The maximum atomic E-state index is 13.2. The number of hydrogen-bond donors (Lipinski definition) is 6.